The van der Waals surface area contributed by atoms with Gasteiger partial charge in [-0.3, -0.25) is 4.79 Å². The molecular formula is C18H22N4O5. The summed E-state index contributed by atoms with van der Waals surface area (Å²) in [5.41, 5.74) is 0.891. The highest BCUT2D eigenvalue weighted by molar-refractivity contribution is 5.77. The van der Waals surface area contributed by atoms with Gasteiger partial charge in [0.05, 0.1) is 19.3 Å². The topological polar surface area (TPSA) is 131 Å². The van der Waals surface area contributed by atoms with Gasteiger partial charge in [0, 0.05) is 19.0 Å². The molecule has 0 fully saturated rings. The van der Waals surface area contributed by atoms with E-state index in [0.29, 0.717) is 22.7 Å². The third-order valence-electron chi connectivity index (χ3n) is 4.04. The Morgan fingerprint density at radius 2 is 2.00 bits per heavy atom. The van der Waals surface area contributed by atoms with Crippen LogP contribution in [0, 0.1) is 0 Å². The van der Waals surface area contributed by atoms with Crippen molar-refractivity contribution in [3.63, 3.8) is 0 Å². The van der Waals surface area contributed by atoms with Crippen molar-refractivity contribution in [2.24, 2.45) is 7.05 Å². The van der Waals surface area contributed by atoms with Crippen LogP contribution in [0.2, 0.25) is 0 Å². The molecule has 9 nitrogen and oxygen atoms in total. The minimum atomic E-state index is -1.29. The first-order valence-electron chi connectivity index (χ1n) is 8.16. The summed E-state index contributed by atoms with van der Waals surface area (Å²) in [5.74, 6) is -1.35. The van der Waals surface area contributed by atoms with Crippen molar-refractivity contribution in [2.45, 2.75) is 24.5 Å². The zero-order chi connectivity index (χ0) is 20.0. The second-order valence-corrected chi connectivity index (χ2v) is 5.97. The average Bonchev–Trinajstić information content (AvgIpc) is 3.06. The lowest BCUT2D eigenvalue weighted by atomic mass is 9.90. The van der Waals surface area contributed by atoms with E-state index in [-0.39, 0.29) is 6.42 Å². The Labute approximate surface area is 156 Å². The summed E-state index contributed by atoms with van der Waals surface area (Å²) in [6, 6.07) is 6.39. The minimum Gasteiger partial charge on any atom is -0.497 e. The quantitative estimate of drug-likeness (QED) is 0.549. The summed E-state index contributed by atoms with van der Waals surface area (Å²) >= 11 is 0. The van der Waals surface area contributed by atoms with Gasteiger partial charge >= 0.3 is 5.97 Å². The molecule has 0 bridgehead atoms. The van der Waals surface area contributed by atoms with Gasteiger partial charge in [0.15, 0.2) is 5.82 Å². The zero-order valence-electron chi connectivity index (χ0n) is 15.1. The molecule has 0 amide bonds. The Morgan fingerprint density at radius 3 is 2.52 bits per heavy atom. The van der Waals surface area contributed by atoms with Gasteiger partial charge in [-0.25, -0.2) is 4.68 Å². The molecule has 27 heavy (non-hydrogen) atoms. The number of carboxylic acid groups (broad SMARTS) is 1. The van der Waals surface area contributed by atoms with E-state index in [1.165, 1.54) is 23.9 Å². The van der Waals surface area contributed by atoms with E-state index in [1.54, 1.807) is 31.3 Å². The normalized spacial score (nSPS) is 14.7. The van der Waals surface area contributed by atoms with E-state index >= 15 is 0 Å². The van der Waals surface area contributed by atoms with Gasteiger partial charge in [0.2, 0.25) is 0 Å². The van der Waals surface area contributed by atoms with Gasteiger partial charge < -0.3 is 20.1 Å². The van der Waals surface area contributed by atoms with Crippen LogP contribution in [0.1, 0.15) is 23.7 Å². The third kappa shape index (κ3) is 5.22. The maximum absolute atomic E-state index is 11.6. The lowest BCUT2D eigenvalue weighted by Gasteiger charge is -2.21. The Morgan fingerprint density at radius 1 is 1.33 bits per heavy atom. The number of aliphatic carboxylic acids is 1. The van der Waals surface area contributed by atoms with E-state index < -0.39 is 24.1 Å². The highest BCUT2D eigenvalue weighted by Gasteiger charge is 2.29. The summed E-state index contributed by atoms with van der Waals surface area (Å²) in [7, 11) is 3.16. The second-order valence-electron chi connectivity index (χ2n) is 5.97. The molecule has 1 heterocycles. The van der Waals surface area contributed by atoms with Gasteiger partial charge in [0.25, 0.3) is 0 Å². The Hall–Kier alpha value is -3.04. The molecule has 3 atom stereocenters. The summed E-state index contributed by atoms with van der Waals surface area (Å²) < 4.78 is 6.47. The lowest BCUT2D eigenvalue weighted by molar-refractivity contribution is -0.142. The largest absolute Gasteiger partial charge is 0.497 e. The number of rotatable bonds is 9. The number of aromatic nitrogens is 4. The van der Waals surface area contributed by atoms with Crippen LogP contribution in [0.5, 0.6) is 5.75 Å². The number of carboxylic acids is 1. The van der Waals surface area contributed by atoms with Crippen LogP contribution in [-0.4, -0.2) is 60.8 Å². The van der Waals surface area contributed by atoms with Gasteiger partial charge in [-0.1, -0.05) is 30.9 Å². The minimum absolute atomic E-state index is 0.163. The standard InChI is InChI=1S/C18H22N4O5/c1-11(17-19-20-21-22(17)2)4-7-13(23)10-15(24)16(18(25)26)12-5-8-14(27-3)9-6-12/h4-9,13,15-16,23-24H,1,10H2,2-3H3,(H,25,26). The molecule has 2 rings (SSSR count). The number of tetrazole rings is 1. The molecule has 2 aromatic rings. The van der Waals surface area contributed by atoms with Crippen LogP contribution in [0.3, 0.4) is 0 Å². The molecule has 0 radical (unpaired) electrons. The van der Waals surface area contributed by atoms with Crippen LogP contribution in [0.15, 0.2) is 43.0 Å². The van der Waals surface area contributed by atoms with Crippen molar-refractivity contribution in [3.8, 4) is 5.75 Å². The summed E-state index contributed by atoms with van der Waals surface area (Å²) in [5, 5.41) is 41.0. The molecule has 0 aliphatic heterocycles. The van der Waals surface area contributed by atoms with Crippen LogP contribution < -0.4 is 4.74 Å². The van der Waals surface area contributed by atoms with E-state index in [9.17, 15) is 20.1 Å². The molecular weight excluding hydrogens is 352 g/mol. The fraction of sp³-hybridized carbons (Fsp3) is 0.333. The molecule has 0 aliphatic carbocycles. The van der Waals surface area contributed by atoms with Gasteiger partial charge in [-0.15, -0.1) is 5.10 Å². The van der Waals surface area contributed by atoms with Crippen molar-refractivity contribution < 1.29 is 24.9 Å². The van der Waals surface area contributed by atoms with Crippen LogP contribution in [0.25, 0.3) is 5.57 Å². The predicted octanol–water partition coefficient (Wildman–Crippen LogP) is 0.768. The molecule has 3 unspecified atom stereocenters. The molecule has 144 valence electrons. The number of aryl methyl sites for hydroxylation is 1. The van der Waals surface area contributed by atoms with E-state index in [2.05, 4.69) is 22.1 Å². The second kappa shape index (κ2) is 9.06. The van der Waals surface area contributed by atoms with Crippen molar-refractivity contribution in [1.82, 2.24) is 20.2 Å². The number of hydrogen-bond donors (Lipinski definition) is 3. The molecule has 3 N–H and O–H groups in total. The fourth-order valence-electron chi connectivity index (χ4n) is 2.61. The number of allylic oxidation sites excluding steroid dienone is 2. The Bertz CT molecular complexity index is 815. The molecule has 1 aromatic carbocycles. The third-order valence-corrected chi connectivity index (χ3v) is 4.04. The first kappa shape index (κ1) is 20.3. The number of aliphatic hydroxyl groups excluding tert-OH is 2. The van der Waals surface area contributed by atoms with E-state index in [1.807, 2.05) is 0 Å². The molecule has 0 spiro atoms. The van der Waals surface area contributed by atoms with Crippen LogP contribution in [0.4, 0.5) is 0 Å². The molecule has 0 aliphatic rings. The van der Waals surface area contributed by atoms with E-state index in [4.69, 9.17) is 4.74 Å². The number of ether oxygens (including phenoxy) is 1. The molecule has 0 saturated heterocycles. The molecule has 0 saturated carbocycles. The zero-order valence-corrected chi connectivity index (χ0v) is 15.1. The van der Waals surface area contributed by atoms with Crippen molar-refractivity contribution in [2.75, 3.05) is 7.11 Å². The number of methoxy groups -OCH3 is 1. The SMILES string of the molecule is C=C(C=CC(O)CC(O)C(C(=O)O)c1ccc(OC)cc1)c1nnnn1C. The summed E-state index contributed by atoms with van der Waals surface area (Å²) in [4.78, 5) is 11.6. The number of nitrogens with zero attached hydrogens (tertiary/aromatic N) is 4. The first-order valence-corrected chi connectivity index (χ1v) is 8.16. The maximum atomic E-state index is 11.6. The Balaban J connectivity index is 2.04. The Kier molecular flexibility index (Phi) is 6.80. The van der Waals surface area contributed by atoms with Crippen LogP contribution >= 0.6 is 0 Å². The molecule has 9 heteroatoms. The number of benzene rings is 1. The predicted molar refractivity (Wildman–Crippen MR) is 97.0 cm³/mol. The smallest absolute Gasteiger partial charge is 0.313 e. The fourth-order valence-corrected chi connectivity index (χ4v) is 2.61. The number of aliphatic hydroxyl groups is 2. The number of carbonyl (C=O) groups is 1. The summed E-state index contributed by atoms with van der Waals surface area (Å²) in [6.07, 6.45) is 0.404. The van der Waals surface area contributed by atoms with Crippen molar-refractivity contribution in [3.05, 3.63) is 54.4 Å². The molecule has 1 aromatic heterocycles. The van der Waals surface area contributed by atoms with Crippen LogP contribution in [-0.2, 0) is 11.8 Å². The lowest BCUT2D eigenvalue weighted by Crippen LogP contribution is -2.29. The van der Waals surface area contributed by atoms with E-state index in [0.717, 1.165) is 0 Å². The van der Waals surface area contributed by atoms with Crippen molar-refractivity contribution in [1.29, 1.82) is 0 Å². The van der Waals surface area contributed by atoms with Gasteiger partial charge in [-0.05, 0) is 28.1 Å². The van der Waals surface area contributed by atoms with Gasteiger partial charge in [0.1, 0.15) is 11.7 Å². The number of hydrogen-bond acceptors (Lipinski definition) is 7. The highest BCUT2D eigenvalue weighted by Crippen LogP contribution is 2.25. The monoisotopic (exact) mass is 374 g/mol. The van der Waals surface area contributed by atoms with Crippen molar-refractivity contribution >= 4 is 11.5 Å². The average molecular weight is 374 g/mol. The first-order chi connectivity index (χ1) is 12.8. The summed E-state index contributed by atoms with van der Waals surface area (Å²) in [6.45, 7) is 3.81. The maximum Gasteiger partial charge on any atom is 0.313 e. The van der Waals surface area contributed by atoms with Gasteiger partial charge in [-0.2, -0.15) is 0 Å². The highest BCUT2D eigenvalue weighted by atomic mass is 16.5.